The summed E-state index contributed by atoms with van der Waals surface area (Å²) in [5.41, 5.74) is 2.48. The molecule has 8 heteroatoms. The molecular weight excluding hydrogens is 412 g/mol. The van der Waals surface area contributed by atoms with Gasteiger partial charge >= 0.3 is 5.97 Å². The molecule has 5 nitrogen and oxygen atoms in total. The summed E-state index contributed by atoms with van der Waals surface area (Å²) in [5, 5.41) is 5.37. The Morgan fingerprint density at radius 3 is 2.68 bits per heavy atom. The average Bonchev–Trinajstić information content (AvgIpc) is 3.39. The van der Waals surface area contributed by atoms with Crippen LogP contribution >= 0.6 is 34.4 Å². The predicted octanol–water partition coefficient (Wildman–Crippen LogP) is 4.80. The molecule has 142 valence electrons. The van der Waals surface area contributed by atoms with Crippen molar-refractivity contribution < 1.29 is 9.53 Å². The molecule has 4 rings (SSSR count). The fourth-order valence-corrected chi connectivity index (χ4v) is 5.53. The Morgan fingerprint density at radius 2 is 2.00 bits per heavy atom. The van der Waals surface area contributed by atoms with Gasteiger partial charge in [0.25, 0.3) is 5.56 Å². The van der Waals surface area contributed by atoms with Crippen LogP contribution < -0.4 is 5.56 Å². The van der Waals surface area contributed by atoms with Gasteiger partial charge in [0.05, 0.1) is 18.1 Å². The monoisotopic (exact) mass is 428 g/mol. The number of thioether (sulfide) groups is 1. The van der Waals surface area contributed by atoms with Gasteiger partial charge in [0.2, 0.25) is 0 Å². The van der Waals surface area contributed by atoms with Gasteiger partial charge in [-0.1, -0.05) is 30.0 Å². The summed E-state index contributed by atoms with van der Waals surface area (Å²) in [6, 6.07) is 11.3. The predicted molar refractivity (Wildman–Crippen MR) is 116 cm³/mol. The van der Waals surface area contributed by atoms with Gasteiger partial charge in [0, 0.05) is 28.6 Å². The maximum absolute atomic E-state index is 13.0. The van der Waals surface area contributed by atoms with Crippen molar-refractivity contribution in [2.75, 3.05) is 7.11 Å². The van der Waals surface area contributed by atoms with Gasteiger partial charge in [-0.05, 0) is 29.1 Å². The first kappa shape index (κ1) is 18.9. The van der Waals surface area contributed by atoms with Gasteiger partial charge in [0.1, 0.15) is 4.83 Å². The molecule has 28 heavy (non-hydrogen) atoms. The molecule has 0 N–H and O–H groups in total. The summed E-state index contributed by atoms with van der Waals surface area (Å²) in [6.45, 7) is 0. The van der Waals surface area contributed by atoms with E-state index in [2.05, 4.69) is 0 Å². The van der Waals surface area contributed by atoms with E-state index in [4.69, 9.17) is 9.72 Å². The highest BCUT2D eigenvalue weighted by molar-refractivity contribution is 7.98. The summed E-state index contributed by atoms with van der Waals surface area (Å²) in [5.74, 6) is 0.295. The summed E-state index contributed by atoms with van der Waals surface area (Å²) < 4.78 is 6.32. The first-order valence-electron chi connectivity index (χ1n) is 8.40. The number of carbonyl (C=O) groups is 1. The fourth-order valence-electron chi connectivity index (χ4n) is 2.80. The maximum Gasteiger partial charge on any atom is 0.337 e. The number of aromatic nitrogens is 2. The van der Waals surface area contributed by atoms with Crippen LogP contribution in [0, 0.1) is 0 Å². The molecule has 0 atom stereocenters. The van der Waals surface area contributed by atoms with Crippen molar-refractivity contribution >= 4 is 50.6 Å². The Hall–Kier alpha value is -2.42. The van der Waals surface area contributed by atoms with E-state index in [1.54, 1.807) is 35.1 Å². The van der Waals surface area contributed by atoms with Crippen LogP contribution in [-0.4, -0.2) is 22.6 Å². The number of thiophene rings is 2. The SMILES string of the molecule is COC(=O)c1ccc(CSc2nc3scc(-c4cccs4)c3c(=O)n2C)cc1. The van der Waals surface area contributed by atoms with Gasteiger partial charge in [-0.2, -0.15) is 0 Å². The number of hydrogen-bond acceptors (Lipinski definition) is 7. The van der Waals surface area contributed by atoms with Crippen molar-refractivity contribution in [1.29, 1.82) is 0 Å². The van der Waals surface area contributed by atoms with Crippen LogP contribution in [0.5, 0.6) is 0 Å². The molecule has 0 bridgehead atoms. The highest BCUT2D eigenvalue weighted by atomic mass is 32.2. The second-order valence-electron chi connectivity index (χ2n) is 6.04. The number of rotatable bonds is 5. The molecule has 0 fully saturated rings. The van der Waals surface area contributed by atoms with E-state index < -0.39 is 0 Å². The van der Waals surface area contributed by atoms with Crippen molar-refractivity contribution in [2.45, 2.75) is 10.9 Å². The smallest absolute Gasteiger partial charge is 0.337 e. The molecule has 0 aliphatic rings. The Labute approximate surface area is 173 Å². The molecule has 0 spiro atoms. The van der Waals surface area contributed by atoms with E-state index >= 15 is 0 Å². The standard InChI is InChI=1S/C20H16N2O3S3/c1-22-18(23)16-14(15-4-3-9-26-15)11-27-17(16)21-20(22)28-10-12-5-7-13(8-6-12)19(24)25-2/h3-9,11H,10H2,1-2H3. The lowest BCUT2D eigenvalue weighted by atomic mass is 10.1. The molecule has 0 radical (unpaired) electrons. The Balaban J connectivity index is 1.60. The Morgan fingerprint density at radius 1 is 1.21 bits per heavy atom. The van der Waals surface area contributed by atoms with Crippen molar-refractivity contribution in [3.63, 3.8) is 0 Å². The number of methoxy groups -OCH3 is 1. The average molecular weight is 429 g/mol. The molecule has 0 unspecified atom stereocenters. The van der Waals surface area contributed by atoms with Crippen molar-refractivity contribution in [1.82, 2.24) is 9.55 Å². The fraction of sp³-hybridized carbons (Fsp3) is 0.150. The van der Waals surface area contributed by atoms with Gasteiger partial charge in [0.15, 0.2) is 5.16 Å². The van der Waals surface area contributed by atoms with E-state index in [-0.39, 0.29) is 11.5 Å². The number of ether oxygens (including phenoxy) is 1. The number of nitrogens with zero attached hydrogens (tertiary/aromatic N) is 2. The minimum absolute atomic E-state index is 0.0295. The lowest BCUT2D eigenvalue weighted by Crippen LogP contribution is -2.19. The number of benzene rings is 1. The third-order valence-corrected chi connectivity index (χ3v) is 7.18. The minimum Gasteiger partial charge on any atom is -0.465 e. The van der Waals surface area contributed by atoms with Crippen LogP contribution in [0.2, 0.25) is 0 Å². The van der Waals surface area contributed by atoms with Gasteiger partial charge < -0.3 is 4.74 Å². The molecule has 0 aliphatic heterocycles. The van der Waals surface area contributed by atoms with Crippen LogP contribution in [0.25, 0.3) is 20.7 Å². The lowest BCUT2D eigenvalue weighted by Gasteiger charge is -2.08. The lowest BCUT2D eigenvalue weighted by molar-refractivity contribution is 0.0600. The third kappa shape index (κ3) is 3.50. The normalized spacial score (nSPS) is 11.1. The first-order valence-corrected chi connectivity index (χ1v) is 11.1. The number of esters is 1. The van der Waals surface area contributed by atoms with Gasteiger partial charge in [-0.15, -0.1) is 22.7 Å². The molecule has 0 amide bonds. The van der Waals surface area contributed by atoms with E-state index in [1.807, 2.05) is 35.0 Å². The molecule has 0 saturated heterocycles. The Kier molecular flexibility index (Phi) is 5.34. The van der Waals surface area contributed by atoms with Gasteiger partial charge in [-0.3, -0.25) is 9.36 Å². The zero-order chi connectivity index (χ0) is 19.7. The van der Waals surface area contributed by atoms with Crippen LogP contribution in [0.1, 0.15) is 15.9 Å². The molecule has 0 aliphatic carbocycles. The van der Waals surface area contributed by atoms with Crippen LogP contribution in [-0.2, 0) is 17.5 Å². The van der Waals surface area contributed by atoms with Crippen LogP contribution in [0.15, 0.2) is 57.1 Å². The molecule has 3 heterocycles. The molecule has 4 aromatic rings. The van der Waals surface area contributed by atoms with Crippen LogP contribution in [0.3, 0.4) is 0 Å². The second kappa shape index (κ2) is 7.90. The highest BCUT2D eigenvalue weighted by Crippen LogP contribution is 2.34. The molecular formula is C20H16N2O3S3. The summed E-state index contributed by atoms with van der Waals surface area (Å²) in [6.07, 6.45) is 0. The van der Waals surface area contributed by atoms with Crippen molar-refractivity contribution in [3.05, 3.63) is 68.6 Å². The zero-order valence-corrected chi connectivity index (χ0v) is 17.6. The van der Waals surface area contributed by atoms with E-state index in [0.29, 0.717) is 21.9 Å². The highest BCUT2D eigenvalue weighted by Gasteiger charge is 2.16. The van der Waals surface area contributed by atoms with Gasteiger partial charge in [-0.25, -0.2) is 9.78 Å². The quantitative estimate of drug-likeness (QED) is 0.260. The number of carbonyl (C=O) groups excluding carboxylic acids is 1. The summed E-state index contributed by atoms with van der Waals surface area (Å²) >= 11 is 4.62. The maximum atomic E-state index is 13.0. The topological polar surface area (TPSA) is 61.2 Å². The summed E-state index contributed by atoms with van der Waals surface area (Å²) in [7, 11) is 3.12. The molecule has 3 aromatic heterocycles. The second-order valence-corrected chi connectivity index (χ2v) is 8.79. The Bertz CT molecular complexity index is 1190. The number of fused-ring (bicyclic) bond motifs is 1. The van der Waals surface area contributed by atoms with Crippen molar-refractivity contribution in [3.8, 4) is 10.4 Å². The third-order valence-electron chi connectivity index (χ3n) is 4.30. The zero-order valence-electron chi connectivity index (χ0n) is 15.2. The minimum atomic E-state index is -0.354. The number of hydrogen-bond donors (Lipinski definition) is 0. The van der Waals surface area contributed by atoms with E-state index in [1.165, 1.54) is 30.2 Å². The van der Waals surface area contributed by atoms with E-state index in [0.717, 1.165) is 20.8 Å². The summed E-state index contributed by atoms with van der Waals surface area (Å²) in [4.78, 5) is 31.0. The van der Waals surface area contributed by atoms with Crippen molar-refractivity contribution in [2.24, 2.45) is 7.05 Å². The largest absolute Gasteiger partial charge is 0.465 e. The van der Waals surface area contributed by atoms with E-state index in [9.17, 15) is 9.59 Å². The molecule has 1 aromatic carbocycles. The molecule has 0 saturated carbocycles. The van der Waals surface area contributed by atoms with Crippen LogP contribution in [0.4, 0.5) is 0 Å². The first-order chi connectivity index (χ1) is 13.6.